The van der Waals surface area contributed by atoms with E-state index in [4.69, 9.17) is 9.72 Å². The summed E-state index contributed by atoms with van der Waals surface area (Å²) < 4.78 is 6.01. The Bertz CT molecular complexity index is 1390. The van der Waals surface area contributed by atoms with Crippen LogP contribution in [0.1, 0.15) is 15.9 Å². The number of nitrogens with one attached hydrogen (secondary N) is 1. The molecule has 0 fully saturated rings. The van der Waals surface area contributed by atoms with Crippen molar-refractivity contribution in [2.75, 3.05) is 7.11 Å². The van der Waals surface area contributed by atoms with Crippen molar-refractivity contribution in [2.45, 2.75) is 6.92 Å². The van der Waals surface area contributed by atoms with E-state index in [1.165, 1.54) is 7.11 Å². The predicted octanol–water partition coefficient (Wildman–Crippen LogP) is 5.00. The fraction of sp³-hybridized carbons (Fsp3) is 0.0909. The number of hydrogen-bond acceptors (Lipinski definition) is 6. The van der Waals surface area contributed by atoms with Gasteiger partial charge in [0.15, 0.2) is 5.65 Å². The van der Waals surface area contributed by atoms with Crippen molar-refractivity contribution in [1.29, 1.82) is 0 Å². The van der Waals surface area contributed by atoms with E-state index in [2.05, 4.69) is 21.0 Å². The molecular formula is C22H16N4O2S. The molecule has 3 heterocycles. The number of thiazole rings is 1. The van der Waals surface area contributed by atoms with Gasteiger partial charge in [-0.3, -0.25) is 0 Å². The Kier molecular flexibility index (Phi) is 4.10. The van der Waals surface area contributed by atoms with E-state index >= 15 is 0 Å². The van der Waals surface area contributed by atoms with Gasteiger partial charge in [0.25, 0.3) is 0 Å². The van der Waals surface area contributed by atoms with Crippen LogP contribution in [0.3, 0.4) is 0 Å². The Balaban J connectivity index is 1.64. The second kappa shape index (κ2) is 6.79. The van der Waals surface area contributed by atoms with Gasteiger partial charge in [0.05, 0.1) is 40.3 Å². The normalized spacial score (nSPS) is 11.2. The lowest BCUT2D eigenvalue weighted by Gasteiger charge is -2.07. The Morgan fingerprint density at radius 2 is 1.97 bits per heavy atom. The summed E-state index contributed by atoms with van der Waals surface area (Å²) in [5, 5.41) is 0. The molecule has 0 saturated carbocycles. The smallest absolute Gasteiger partial charge is 0.338 e. The molecule has 0 bridgehead atoms. The van der Waals surface area contributed by atoms with E-state index in [0.717, 1.165) is 38.0 Å². The van der Waals surface area contributed by atoms with Crippen molar-refractivity contribution >= 4 is 38.7 Å². The van der Waals surface area contributed by atoms with Crippen LogP contribution in [0, 0.1) is 6.92 Å². The summed E-state index contributed by atoms with van der Waals surface area (Å²) in [4.78, 5) is 29.0. The average molecular weight is 400 g/mol. The molecule has 0 radical (unpaired) electrons. The van der Waals surface area contributed by atoms with Crippen LogP contribution in [-0.2, 0) is 4.74 Å². The highest BCUT2D eigenvalue weighted by atomic mass is 32.1. The number of aromatic amines is 1. The number of methoxy groups -OCH3 is 1. The molecule has 5 rings (SSSR count). The van der Waals surface area contributed by atoms with Gasteiger partial charge in [0, 0.05) is 17.3 Å². The van der Waals surface area contributed by atoms with Crippen LogP contribution < -0.4 is 0 Å². The Labute approximate surface area is 170 Å². The SMILES string of the molecule is COC(=O)c1cc(-c2cnc3[nH]cc(-c4ccc5ncsc5c4)c3n2)ccc1C. The molecule has 0 amide bonds. The van der Waals surface area contributed by atoms with Gasteiger partial charge >= 0.3 is 5.97 Å². The molecule has 0 spiro atoms. The van der Waals surface area contributed by atoms with Crippen LogP contribution in [0.25, 0.3) is 43.8 Å². The standard InChI is InChI=1S/C22H16N4O2S/c1-12-3-4-14(7-15(12)22(27)28-2)18-10-24-21-20(26-18)16(9-23-21)13-5-6-17-19(8-13)29-11-25-17/h3-11H,1-2H3,(H,23,24). The molecule has 0 aliphatic carbocycles. The van der Waals surface area contributed by atoms with Crippen molar-refractivity contribution in [3.05, 3.63) is 65.4 Å². The van der Waals surface area contributed by atoms with Crippen LogP contribution in [-0.4, -0.2) is 33.0 Å². The number of nitrogens with zero attached hydrogens (tertiary/aromatic N) is 3. The highest BCUT2D eigenvalue weighted by Gasteiger charge is 2.14. The number of rotatable bonds is 3. The van der Waals surface area contributed by atoms with E-state index in [9.17, 15) is 4.79 Å². The maximum atomic E-state index is 12.0. The number of benzene rings is 2. The number of aryl methyl sites for hydroxylation is 1. The quantitative estimate of drug-likeness (QED) is 0.431. The largest absolute Gasteiger partial charge is 0.465 e. The van der Waals surface area contributed by atoms with Gasteiger partial charge in [0.1, 0.15) is 5.52 Å². The van der Waals surface area contributed by atoms with E-state index in [1.54, 1.807) is 23.6 Å². The molecular weight excluding hydrogens is 384 g/mol. The summed E-state index contributed by atoms with van der Waals surface area (Å²) in [7, 11) is 1.38. The minimum atomic E-state index is -0.362. The molecule has 0 saturated heterocycles. The molecule has 0 atom stereocenters. The fourth-order valence-corrected chi connectivity index (χ4v) is 4.10. The predicted molar refractivity (Wildman–Crippen MR) is 114 cm³/mol. The van der Waals surface area contributed by atoms with Gasteiger partial charge in [-0.2, -0.15) is 0 Å². The Morgan fingerprint density at radius 3 is 2.83 bits per heavy atom. The first-order valence-corrected chi connectivity index (χ1v) is 9.89. The summed E-state index contributed by atoms with van der Waals surface area (Å²) in [6.07, 6.45) is 3.63. The van der Waals surface area contributed by atoms with Crippen LogP contribution >= 0.6 is 11.3 Å². The summed E-state index contributed by atoms with van der Waals surface area (Å²) in [6.45, 7) is 1.88. The molecule has 0 aliphatic rings. The summed E-state index contributed by atoms with van der Waals surface area (Å²) in [6, 6.07) is 11.8. The van der Waals surface area contributed by atoms with E-state index in [1.807, 2.05) is 42.9 Å². The zero-order chi connectivity index (χ0) is 20.0. The molecule has 0 unspecified atom stereocenters. The number of hydrogen-bond donors (Lipinski definition) is 1. The lowest BCUT2D eigenvalue weighted by atomic mass is 10.0. The number of aromatic nitrogens is 4. The molecule has 29 heavy (non-hydrogen) atoms. The van der Waals surface area contributed by atoms with Crippen LogP contribution in [0.5, 0.6) is 0 Å². The first kappa shape index (κ1) is 17.5. The minimum absolute atomic E-state index is 0.362. The average Bonchev–Trinajstić information content (AvgIpc) is 3.39. The first-order valence-electron chi connectivity index (χ1n) is 9.01. The summed E-state index contributed by atoms with van der Waals surface area (Å²) in [5.41, 5.74) is 9.26. The topological polar surface area (TPSA) is 80.8 Å². The molecule has 2 aromatic carbocycles. The number of esters is 1. The van der Waals surface area contributed by atoms with Gasteiger partial charge in [0.2, 0.25) is 0 Å². The van der Waals surface area contributed by atoms with Crippen molar-refractivity contribution < 1.29 is 9.53 Å². The van der Waals surface area contributed by atoms with E-state index in [-0.39, 0.29) is 5.97 Å². The van der Waals surface area contributed by atoms with E-state index in [0.29, 0.717) is 16.9 Å². The molecule has 5 aromatic rings. The summed E-state index contributed by atoms with van der Waals surface area (Å²) in [5.74, 6) is -0.362. The van der Waals surface area contributed by atoms with Gasteiger partial charge in [-0.15, -0.1) is 11.3 Å². The maximum Gasteiger partial charge on any atom is 0.338 e. The van der Waals surface area contributed by atoms with Crippen molar-refractivity contribution in [1.82, 2.24) is 19.9 Å². The third kappa shape index (κ3) is 2.96. The molecule has 142 valence electrons. The zero-order valence-electron chi connectivity index (χ0n) is 15.8. The number of fused-ring (bicyclic) bond motifs is 2. The molecule has 7 heteroatoms. The lowest BCUT2D eigenvalue weighted by Crippen LogP contribution is -2.04. The highest BCUT2D eigenvalue weighted by molar-refractivity contribution is 7.16. The Hall–Kier alpha value is -3.58. The zero-order valence-corrected chi connectivity index (χ0v) is 16.6. The first-order chi connectivity index (χ1) is 14.1. The number of H-pyrrole nitrogens is 1. The maximum absolute atomic E-state index is 12.0. The van der Waals surface area contributed by atoms with Gasteiger partial charge in [-0.25, -0.2) is 19.7 Å². The van der Waals surface area contributed by atoms with Gasteiger partial charge < -0.3 is 9.72 Å². The third-order valence-corrected chi connectivity index (χ3v) is 5.75. The number of carbonyl (C=O) groups is 1. The highest BCUT2D eigenvalue weighted by Crippen LogP contribution is 2.31. The number of carbonyl (C=O) groups excluding carboxylic acids is 1. The molecule has 1 N–H and O–H groups in total. The van der Waals surface area contributed by atoms with Crippen molar-refractivity contribution in [3.63, 3.8) is 0 Å². The second-order valence-corrected chi connectivity index (χ2v) is 7.60. The summed E-state index contributed by atoms with van der Waals surface area (Å²) >= 11 is 1.61. The molecule has 3 aromatic heterocycles. The van der Waals surface area contributed by atoms with Crippen LogP contribution in [0.2, 0.25) is 0 Å². The van der Waals surface area contributed by atoms with Crippen LogP contribution in [0.15, 0.2) is 54.3 Å². The molecule has 6 nitrogen and oxygen atoms in total. The number of ether oxygens (including phenoxy) is 1. The minimum Gasteiger partial charge on any atom is -0.465 e. The third-order valence-electron chi connectivity index (χ3n) is 4.96. The van der Waals surface area contributed by atoms with Crippen molar-refractivity contribution in [2.24, 2.45) is 0 Å². The second-order valence-electron chi connectivity index (χ2n) is 6.71. The lowest BCUT2D eigenvalue weighted by molar-refractivity contribution is 0.0600. The molecule has 0 aliphatic heterocycles. The Morgan fingerprint density at radius 1 is 1.10 bits per heavy atom. The van der Waals surface area contributed by atoms with E-state index < -0.39 is 0 Å². The van der Waals surface area contributed by atoms with Crippen LogP contribution in [0.4, 0.5) is 0 Å². The van der Waals surface area contributed by atoms with Crippen molar-refractivity contribution in [3.8, 4) is 22.4 Å². The van der Waals surface area contributed by atoms with Gasteiger partial charge in [-0.05, 0) is 36.2 Å². The monoisotopic (exact) mass is 400 g/mol. The fourth-order valence-electron chi connectivity index (χ4n) is 3.38. The van der Waals surface area contributed by atoms with Gasteiger partial charge in [-0.1, -0.05) is 18.2 Å².